The van der Waals surface area contributed by atoms with Gasteiger partial charge in [-0.25, -0.2) is 0 Å². The lowest BCUT2D eigenvalue weighted by molar-refractivity contribution is -0.384. The Hall–Kier alpha value is -1.66. The van der Waals surface area contributed by atoms with Crippen LogP contribution in [0.2, 0.25) is 0 Å². The average Bonchev–Trinajstić information content (AvgIpc) is 2.35. The van der Waals surface area contributed by atoms with Crippen molar-refractivity contribution < 1.29 is 14.8 Å². The van der Waals surface area contributed by atoms with Gasteiger partial charge in [-0.3, -0.25) is 10.1 Å². The van der Waals surface area contributed by atoms with Gasteiger partial charge in [0.2, 0.25) is 0 Å². The van der Waals surface area contributed by atoms with Gasteiger partial charge in [0.05, 0.1) is 18.1 Å². The average molecular weight is 240 g/mol. The molecule has 0 unspecified atom stereocenters. The number of hydrogen-bond donors (Lipinski definition) is 1. The van der Waals surface area contributed by atoms with Gasteiger partial charge in [0, 0.05) is 26.8 Å². The van der Waals surface area contributed by atoms with E-state index in [1.165, 1.54) is 6.07 Å². The van der Waals surface area contributed by atoms with E-state index in [0.717, 1.165) is 0 Å². The maximum absolute atomic E-state index is 10.9. The maximum Gasteiger partial charge on any atom is 0.292 e. The Bertz CT molecular complexity index is 395. The molecule has 1 aromatic carbocycles. The first kappa shape index (κ1) is 13.4. The number of rotatable bonds is 6. The molecule has 6 heteroatoms. The molecule has 1 aromatic rings. The highest BCUT2D eigenvalue weighted by Gasteiger charge is 2.17. The van der Waals surface area contributed by atoms with Crippen molar-refractivity contribution in [1.82, 2.24) is 0 Å². The van der Waals surface area contributed by atoms with Gasteiger partial charge in [-0.1, -0.05) is 6.07 Å². The molecule has 0 aromatic heterocycles. The minimum atomic E-state index is -0.447. The molecule has 0 heterocycles. The summed E-state index contributed by atoms with van der Waals surface area (Å²) in [5.41, 5.74) is 1.04. The summed E-state index contributed by atoms with van der Waals surface area (Å²) in [6.45, 7) is 0.855. The first-order chi connectivity index (χ1) is 8.10. The van der Waals surface area contributed by atoms with E-state index in [-0.39, 0.29) is 12.3 Å². The van der Waals surface area contributed by atoms with Crippen LogP contribution in [0.4, 0.5) is 11.4 Å². The van der Waals surface area contributed by atoms with Crippen molar-refractivity contribution in [3.63, 3.8) is 0 Å². The number of nitro groups is 1. The van der Waals surface area contributed by atoms with Gasteiger partial charge in [-0.15, -0.1) is 0 Å². The molecule has 0 saturated carbocycles. The molecule has 0 aliphatic heterocycles. The molecule has 1 N–H and O–H groups in total. The number of methoxy groups -OCH3 is 1. The topological polar surface area (TPSA) is 75.8 Å². The number of hydrogen-bond acceptors (Lipinski definition) is 5. The lowest BCUT2D eigenvalue weighted by atomic mass is 10.1. The van der Waals surface area contributed by atoms with Crippen molar-refractivity contribution in [3.05, 3.63) is 33.9 Å². The highest BCUT2D eigenvalue weighted by Crippen LogP contribution is 2.28. The molecule has 6 nitrogen and oxygen atoms in total. The Labute approximate surface area is 99.6 Å². The molecule has 0 aliphatic carbocycles. The van der Waals surface area contributed by atoms with Gasteiger partial charge in [-0.2, -0.15) is 0 Å². The summed E-state index contributed by atoms with van der Waals surface area (Å²) in [4.78, 5) is 12.2. The molecule has 0 bridgehead atoms. The Morgan fingerprint density at radius 3 is 2.76 bits per heavy atom. The zero-order chi connectivity index (χ0) is 12.8. The number of anilines is 1. The Balaban J connectivity index is 3.01. The summed E-state index contributed by atoms with van der Waals surface area (Å²) >= 11 is 0. The first-order valence-electron chi connectivity index (χ1n) is 5.18. The Kier molecular flexibility index (Phi) is 4.86. The van der Waals surface area contributed by atoms with Crippen molar-refractivity contribution in [2.24, 2.45) is 0 Å². The van der Waals surface area contributed by atoms with Crippen molar-refractivity contribution in [2.45, 2.75) is 6.61 Å². The summed E-state index contributed by atoms with van der Waals surface area (Å²) in [7, 11) is 3.34. The minimum Gasteiger partial charge on any atom is -0.392 e. The van der Waals surface area contributed by atoms with Gasteiger partial charge in [0.15, 0.2) is 0 Å². The summed E-state index contributed by atoms with van der Waals surface area (Å²) in [6.07, 6.45) is 0. The van der Waals surface area contributed by atoms with E-state index in [0.29, 0.717) is 24.4 Å². The number of likely N-dealkylation sites (N-methyl/N-ethyl adjacent to an activating group) is 1. The molecule has 94 valence electrons. The molecule has 0 atom stereocenters. The van der Waals surface area contributed by atoms with E-state index in [4.69, 9.17) is 9.84 Å². The van der Waals surface area contributed by atoms with E-state index >= 15 is 0 Å². The normalized spacial score (nSPS) is 10.3. The van der Waals surface area contributed by atoms with Crippen LogP contribution in [-0.4, -0.2) is 37.3 Å². The summed E-state index contributed by atoms with van der Waals surface area (Å²) in [5, 5.41) is 19.9. The summed E-state index contributed by atoms with van der Waals surface area (Å²) in [5.74, 6) is 0. The molecule has 1 rings (SSSR count). The number of ether oxygens (including phenoxy) is 1. The molecule has 17 heavy (non-hydrogen) atoms. The standard InChI is InChI=1S/C11H16N2O4/c1-12(5-6-17-2)10-4-3-9(8-14)7-11(10)13(15)16/h3-4,7,14H,5-6,8H2,1-2H3. The lowest BCUT2D eigenvalue weighted by Crippen LogP contribution is -2.22. The SMILES string of the molecule is COCCN(C)c1ccc(CO)cc1[N+](=O)[O-]. The summed E-state index contributed by atoms with van der Waals surface area (Å²) in [6, 6.07) is 4.70. The van der Waals surface area contributed by atoms with E-state index in [2.05, 4.69) is 0 Å². The van der Waals surface area contributed by atoms with Crippen LogP contribution >= 0.6 is 0 Å². The molecule has 0 amide bonds. The highest BCUT2D eigenvalue weighted by molar-refractivity contribution is 5.63. The third-order valence-electron chi connectivity index (χ3n) is 2.46. The number of benzene rings is 1. The third-order valence-corrected chi connectivity index (χ3v) is 2.46. The van der Waals surface area contributed by atoms with E-state index in [9.17, 15) is 10.1 Å². The maximum atomic E-state index is 10.9. The second kappa shape index (κ2) is 6.17. The van der Waals surface area contributed by atoms with Crippen molar-refractivity contribution in [3.8, 4) is 0 Å². The second-order valence-corrected chi connectivity index (χ2v) is 3.65. The van der Waals surface area contributed by atoms with Crippen molar-refractivity contribution in [2.75, 3.05) is 32.2 Å². The smallest absolute Gasteiger partial charge is 0.292 e. The number of aliphatic hydroxyl groups is 1. The lowest BCUT2D eigenvalue weighted by Gasteiger charge is -2.18. The fourth-order valence-corrected chi connectivity index (χ4v) is 1.49. The number of nitrogens with zero attached hydrogens (tertiary/aromatic N) is 2. The quantitative estimate of drug-likeness (QED) is 0.596. The van der Waals surface area contributed by atoms with Gasteiger partial charge in [-0.05, 0) is 11.6 Å². The fourth-order valence-electron chi connectivity index (χ4n) is 1.49. The van der Waals surface area contributed by atoms with Gasteiger partial charge < -0.3 is 14.7 Å². The van der Waals surface area contributed by atoms with Crippen LogP contribution < -0.4 is 4.90 Å². The molecule has 0 spiro atoms. The Morgan fingerprint density at radius 2 is 2.24 bits per heavy atom. The monoisotopic (exact) mass is 240 g/mol. The van der Waals surface area contributed by atoms with Gasteiger partial charge in [0.1, 0.15) is 5.69 Å². The van der Waals surface area contributed by atoms with Crippen LogP contribution in [0.25, 0.3) is 0 Å². The van der Waals surface area contributed by atoms with Gasteiger partial charge >= 0.3 is 0 Å². The van der Waals surface area contributed by atoms with E-state index < -0.39 is 4.92 Å². The van der Waals surface area contributed by atoms with Crippen LogP contribution in [-0.2, 0) is 11.3 Å². The minimum absolute atomic E-state index is 0.00449. The molecule has 0 aliphatic rings. The number of aliphatic hydroxyl groups excluding tert-OH is 1. The van der Waals surface area contributed by atoms with Crippen LogP contribution in [0.5, 0.6) is 0 Å². The van der Waals surface area contributed by atoms with Crippen LogP contribution in [0, 0.1) is 10.1 Å². The van der Waals surface area contributed by atoms with Crippen LogP contribution in [0.3, 0.4) is 0 Å². The van der Waals surface area contributed by atoms with E-state index in [1.807, 2.05) is 0 Å². The second-order valence-electron chi connectivity index (χ2n) is 3.65. The zero-order valence-corrected chi connectivity index (χ0v) is 9.92. The predicted octanol–water partition coefficient (Wildman–Crippen LogP) is 1.17. The molecule has 0 saturated heterocycles. The highest BCUT2D eigenvalue weighted by atomic mass is 16.6. The molecular formula is C11H16N2O4. The largest absolute Gasteiger partial charge is 0.392 e. The predicted molar refractivity (Wildman–Crippen MR) is 64.2 cm³/mol. The van der Waals surface area contributed by atoms with Crippen molar-refractivity contribution in [1.29, 1.82) is 0 Å². The molecular weight excluding hydrogens is 224 g/mol. The van der Waals surface area contributed by atoms with Crippen LogP contribution in [0.15, 0.2) is 18.2 Å². The zero-order valence-electron chi connectivity index (χ0n) is 9.92. The fraction of sp³-hybridized carbons (Fsp3) is 0.455. The first-order valence-corrected chi connectivity index (χ1v) is 5.18. The van der Waals surface area contributed by atoms with E-state index in [1.54, 1.807) is 31.2 Å². The molecule has 0 fully saturated rings. The molecule has 0 radical (unpaired) electrons. The number of nitro benzene ring substituents is 1. The van der Waals surface area contributed by atoms with Crippen molar-refractivity contribution >= 4 is 11.4 Å². The van der Waals surface area contributed by atoms with Gasteiger partial charge in [0.25, 0.3) is 5.69 Å². The van der Waals surface area contributed by atoms with Crippen LogP contribution in [0.1, 0.15) is 5.56 Å². The Morgan fingerprint density at radius 1 is 1.53 bits per heavy atom. The third kappa shape index (κ3) is 3.40. The summed E-state index contributed by atoms with van der Waals surface area (Å²) < 4.78 is 4.93.